The molecule has 0 bridgehead atoms. The number of amides is 2. The first-order chi connectivity index (χ1) is 22.5. The van der Waals surface area contributed by atoms with E-state index < -0.39 is 28.5 Å². The molecular formula is C38H44ClN3O4S. The molecule has 0 aliphatic rings. The molecule has 0 saturated heterocycles. The van der Waals surface area contributed by atoms with Crippen molar-refractivity contribution in [2.24, 2.45) is 0 Å². The van der Waals surface area contributed by atoms with Crippen LogP contribution in [0.4, 0.5) is 5.69 Å². The van der Waals surface area contributed by atoms with Gasteiger partial charge in [-0.05, 0) is 72.4 Å². The predicted molar refractivity (Wildman–Crippen MR) is 190 cm³/mol. The predicted octanol–water partition coefficient (Wildman–Crippen LogP) is 7.52. The molecule has 1 atom stereocenters. The Morgan fingerprint density at radius 2 is 1.47 bits per heavy atom. The maximum Gasteiger partial charge on any atom is 0.264 e. The summed E-state index contributed by atoms with van der Waals surface area (Å²) in [6, 6.07) is 29.5. The standard InChI is InChI=1S/C38H44ClN3O4S/c1-5-6-24-40-38(44)36(25-30-10-8-7-9-11-30)41(26-31-14-18-33(39)19-15-31)37(43)27-42(34-20-16-32(17-21-34)28(2)3)47(45,46)35-22-12-29(4)13-23-35/h7-23,28,36H,5-6,24-27H2,1-4H3,(H,40,44). The van der Waals surface area contributed by atoms with Crippen LogP contribution in [-0.2, 0) is 32.6 Å². The van der Waals surface area contributed by atoms with Crippen molar-refractivity contribution in [3.63, 3.8) is 0 Å². The van der Waals surface area contributed by atoms with Crippen LogP contribution in [0.5, 0.6) is 0 Å². The van der Waals surface area contributed by atoms with Gasteiger partial charge in [-0.2, -0.15) is 0 Å². The molecule has 0 radical (unpaired) electrons. The molecule has 4 rings (SSSR count). The van der Waals surface area contributed by atoms with Crippen LogP contribution in [0.2, 0.25) is 5.02 Å². The lowest BCUT2D eigenvalue weighted by Gasteiger charge is -2.34. The molecule has 0 heterocycles. The third kappa shape index (κ3) is 9.69. The van der Waals surface area contributed by atoms with Crippen molar-refractivity contribution in [1.29, 1.82) is 0 Å². The topological polar surface area (TPSA) is 86.8 Å². The lowest BCUT2D eigenvalue weighted by Crippen LogP contribution is -2.53. The first-order valence-electron chi connectivity index (χ1n) is 16.0. The van der Waals surface area contributed by atoms with Crippen molar-refractivity contribution in [1.82, 2.24) is 10.2 Å². The largest absolute Gasteiger partial charge is 0.354 e. The highest BCUT2D eigenvalue weighted by molar-refractivity contribution is 7.92. The first kappa shape index (κ1) is 35.7. The summed E-state index contributed by atoms with van der Waals surface area (Å²) in [5.41, 5.74) is 3.97. The van der Waals surface area contributed by atoms with Gasteiger partial charge in [0.15, 0.2) is 0 Å². The number of rotatable bonds is 15. The van der Waals surface area contributed by atoms with E-state index in [1.807, 2.05) is 68.4 Å². The van der Waals surface area contributed by atoms with E-state index in [1.54, 1.807) is 48.5 Å². The van der Waals surface area contributed by atoms with Crippen molar-refractivity contribution in [3.05, 3.63) is 130 Å². The summed E-state index contributed by atoms with van der Waals surface area (Å²) in [7, 11) is -4.17. The summed E-state index contributed by atoms with van der Waals surface area (Å²) in [4.78, 5) is 30.0. The van der Waals surface area contributed by atoms with Crippen molar-refractivity contribution >= 4 is 39.1 Å². The van der Waals surface area contributed by atoms with Crippen molar-refractivity contribution in [3.8, 4) is 0 Å². The van der Waals surface area contributed by atoms with Gasteiger partial charge >= 0.3 is 0 Å². The molecule has 0 aliphatic carbocycles. The van der Waals surface area contributed by atoms with Crippen LogP contribution < -0.4 is 9.62 Å². The quantitative estimate of drug-likeness (QED) is 0.132. The van der Waals surface area contributed by atoms with Crippen LogP contribution in [0, 0.1) is 6.92 Å². The Labute approximate surface area is 284 Å². The minimum absolute atomic E-state index is 0.0752. The van der Waals surface area contributed by atoms with Gasteiger partial charge < -0.3 is 10.2 Å². The molecular weight excluding hydrogens is 630 g/mol. The van der Waals surface area contributed by atoms with Crippen LogP contribution in [-0.4, -0.2) is 44.3 Å². The lowest BCUT2D eigenvalue weighted by molar-refractivity contribution is -0.140. The van der Waals surface area contributed by atoms with Gasteiger partial charge in [0.25, 0.3) is 10.0 Å². The molecule has 47 heavy (non-hydrogen) atoms. The Morgan fingerprint density at radius 3 is 2.06 bits per heavy atom. The molecule has 9 heteroatoms. The Kier molecular flexibility index (Phi) is 12.6. The molecule has 2 amide bonds. The van der Waals surface area contributed by atoms with Gasteiger partial charge in [0, 0.05) is 24.5 Å². The third-order valence-electron chi connectivity index (χ3n) is 8.10. The van der Waals surface area contributed by atoms with E-state index in [0.717, 1.165) is 39.4 Å². The van der Waals surface area contributed by atoms with Gasteiger partial charge in [0.05, 0.1) is 10.6 Å². The number of benzene rings is 4. The number of anilines is 1. The SMILES string of the molecule is CCCCNC(=O)C(Cc1ccccc1)N(Cc1ccc(Cl)cc1)C(=O)CN(c1ccc(C(C)C)cc1)S(=O)(=O)c1ccc(C)cc1. The van der Waals surface area contributed by atoms with E-state index >= 15 is 0 Å². The smallest absolute Gasteiger partial charge is 0.264 e. The molecule has 7 nitrogen and oxygen atoms in total. The van der Waals surface area contributed by atoms with E-state index in [9.17, 15) is 18.0 Å². The summed E-state index contributed by atoms with van der Waals surface area (Å²) in [6.45, 7) is 8.10. The van der Waals surface area contributed by atoms with E-state index in [-0.39, 0.29) is 29.7 Å². The molecule has 0 aromatic heterocycles. The summed E-state index contributed by atoms with van der Waals surface area (Å²) in [6.07, 6.45) is 1.95. The zero-order chi connectivity index (χ0) is 34.0. The molecule has 0 fully saturated rings. The second kappa shape index (κ2) is 16.6. The lowest BCUT2D eigenvalue weighted by atomic mass is 10.0. The van der Waals surface area contributed by atoms with E-state index in [4.69, 9.17) is 11.6 Å². The van der Waals surface area contributed by atoms with Crippen LogP contribution in [0.3, 0.4) is 0 Å². The van der Waals surface area contributed by atoms with Crippen molar-refractivity contribution < 1.29 is 18.0 Å². The summed E-state index contributed by atoms with van der Waals surface area (Å²) in [5, 5.41) is 3.56. The molecule has 248 valence electrons. The fraction of sp³-hybridized carbons (Fsp3) is 0.316. The van der Waals surface area contributed by atoms with Gasteiger partial charge in [-0.3, -0.25) is 13.9 Å². The average Bonchev–Trinajstić information content (AvgIpc) is 3.06. The molecule has 0 spiro atoms. The molecule has 4 aromatic rings. The highest BCUT2D eigenvalue weighted by Crippen LogP contribution is 2.27. The number of carbonyl (C=O) groups excluding carboxylic acids is 2. The van der Waals surface area contributed by atoms with Crippen LogP contribution >= 0.6 is 11.6 Å². The average molecular weight is 674 g/mol. The number of carbonyl (C=O) groups is 2. The minimum atomic E-state index is -4.17. The number of sulfonamides is 1. The maximum absolute atomic E-state index is 14.6. The number of hydrogen-bond acceptors (Lipinski definition) is 4. The van der Waals surface area contributed by atoms with Crippen LogP contribution in [0.1, 0.15) is 61.8 Å². The van der Waals surface area contributed by atoms with E-state index in [0.29, 0.717) is 17.3 Å². The van der Waals surface area contributed by atoms with Gasteiger partial charge in [-0.15, -0.1) is 0 Å². The fourth-order valence-electron chi connectivity index (χ4n) is 5.24. The van der Waals surface area contributed by atoms with Crippen LogP contribution in [0.25, 0.3) is 0 Å². The van der Waals surface area contributed by atoms with Gasteiger partial charge in [0.2, 0.25) is 11.8 Å². The molecule has 4 aromatic carbocycles. The van der Waals surface area contributed by atoms with Crippen molar-refractivity contribution in [2.75, 3.05) is 17.4 Å². The van der Waals surface area contributed by atoms with Crippen LogP contribution in [0.15, 0.2) is 108 Å². The number of aryl methyl sites for hydroxylation is 1. The minimum Gasteiger partial charge on any atom is -0.354 e. The number of nitrogens with zero attached hydrogens (tertiary/aromatic N) is 2. The molecule has 0 aliphatic heterocycles. The zero-order valence-corrected chi connectivity index (χ0v) is 29.1. The summed E-state index contributed by atoms with van der Waals surface area (Å²) >= 11 is 6.17. The second-order valence-corrected chi connectivity index (χ2v) is 14.4. The number of nitrogens with one attached hydrogen (secondary N) is 1. The molecule has 1 N–H and O–H groups in total. The Balaban J connectivity index is 1.79. The highest BCUT2D eigenvalue weighted by Gasteiger charge is 2.34. The van der Waals surface area contributed by atoms with E-state index in [2.05, 4.69) is 19.2 Å². The molecule has 1 unspecified atom stereocenters. The Bertz CT molecular complexity index is 1710. The van der Waals surface area contributed by atoms with E-state index in [1.165, 1.54) is 4.90 Å². The maximum atomic E-state index is 14.6. The second-order valence-electron chi connectivity index (χ2n) is 12.1. The number of hydrogen-bond donors (Lipinski definition) is 1. The third-order valence-corrected chi connectivity index (χ3v) is 10.1. The highest BCUT2D eigenvalue weighted by atomic mass is 35.5. The normalized spacial score (nSPS) is 12.0. The Morgan fingerprint density at radius 1 is 0.830 bits per heavy atom. The van der Waals surface area contributed by atoms with Gasteiger partial charge in [-0.1, -0.05) is 111 Å². The van der Waals surface area contributed by atoms with Gasteiger partial charge in [0.1, 0.15) is 12.6 Å². The number of unbranched alkanes of at least 4 members (excludes halogenated alkanes) is 1. The summed E-state index contributed by atoms with van der Waals surface area (Å²) in [5.74, 6) is -0.554. The fourth-order valence-corrected chi connectivity index (χ4v) is 6.78. The number of halogens is 1. The first-order valence-corrected chi connectivity index (χ1v) is 17.9. The monoisotopic (exact) mass is 673 g/mol. The van der Waals surface area contributed by atoms with Crippen molar-refractivity contribution in [2.45, 2.75) is 70.4 Å². The van der Waals surface area contributed by atoms with Gasteiger partial charge in [-0.25, -0.2) is 8.42 Å². The molecule has 0 saturated carbocycles. The zero-order valence-electron chi connectivity index (χ0n) is 27.5. The summed E-state index contributed by atoms with van der Waals surface area (Å²) < 4.78 is 29.6. The Hall–Kier alpha value is -4.14.